The summed E-state index contributed by atoms with van der Waals surface area (Å²) in [4.78, 5) is 10.9. The summed E-state index contributed by atoms with van der Waals surface area (Å²) in [6.45, 7) is 5.52. The van der Waals surface area contributed by atoms with Crippen molar-refractivity contribution in [3.63, 3.8) is 0 Å². The summed E-state index contributed by atoms with van der Waals surface area (Å²) in [7, 11) is 1.55. The Morgan fingerprint density at radius 1 is 1.47 bits per heavy atom. The van der Waals surface area contributed by atoms with Crippen LogP contribution in [0.3, 0.4) is 0 Å². The third kappa shape index (κ3) is 2.91. The van der Waals surface area contributed by atoms with Crippen LogP contribution in [0.15, 0.2) is 6.07 Å². The Balaban J connectivity index is 3.22. The van der Waals surface area contributed by atoms with Gasteiger partial charge in [0, 0.05) is 0 Å². The Bertz CT molecular complexity index is 441. The van der Waals surface area contributed by atoms with E-state index in [9.17, 15) is 4.79 Å². The Hall–Kier alpha value is -1.22. The van der Waals surface area contributed by atoms with Crippen LogP contribution in [0.25, 0.3) is 0 Å². The van der Waals surface area contributed by atoms with Crippen molar-refractivity contribution in [3.05, 3.63) is 27.8 Å². The summed E-state index contributed by atoms with van der Waals surface area (Å²) in [6.07, 6.45) is 0.421. The number of aliphatic carboxylic acids is 1. The topological polar surface area (TPSA) is 46.5 Å². The van der Waals surface area contributed by atoms with Crippen molar-refractivity contribution in [1.82, 2.24) is 0 Å². The lowest BCUT2D eigenvalue weighted by atomic mass is 9.95. The number of hydrogen-bond acceptors (Lipinski definition) is 2. The Morgan fingerprint density at radius 3 is 2.53 bits per heavy atom. The molecule has 1 atom stereocenters. The smallest absolute Gasteiger partial charge is 0.306 e. The van der Waals surface area contributed by atoms with Gasteiger partial charge < -0.3 is 9.84 Å². The molecule has 0 saturated heterocycles. The SMILES string of the molecule is COc1c(Cl)c(C)cc(C)c1CC(C)C(=O)O. The van der Waals surface area contributed by atoms with Gasteiger partial charge in [0.1, 0.15) is 5.75 Å². The molecule has 1 rings (SSSR count). The Kier molecular flexibility index (Phi) is 4.40. The van der Waals surface area contributed by atoms with E-state index in [2.05, 4.69) is 0 Å². The van der Waals surface area contributed by atoms with Crippen LogP contribution < -0.4 is 4.74 Å². The minimum absolute atomic E-state index is 0.421. The van der Waals surface area contributed by atoms with Gasteiger partial charge in [0.2, 0.25) is 0 Å². The first-order valence-electron chi connectivity index (χ1n) is 5.43. The lowest BCUT2D eigenvalue weighted by Crippen LogP contribution is -2.14. The molecule has 0 aliphatic rings. The first-order valence-corrected chi connectivity index (χ1v) is 5.81. The number of carbonyl (C=O) groups is 1. The molecule has 1 aromatic rings. The van der Waals surface area contributed by atoms with E-state index in [4.69, 9.17) is 21.4 Å². The van der Waals surface area contributed by atoms with Crippen molar-refractivity contribution in [3.8, 4) is 5.75 Å². The highest BCUT2D eigenvalue weighted by molar-refractivity contribution is 6.33. The third-order valence-corrected chi connectivity index (χ3v) is 3.33. The van der Waals surface area contributed by atoms with E-state index in [1.165, 1.54) is 0 Å². The molecule has 0 aliphatic heterocycles. The van der Waals surface area contributed by atoms with Crippen LogP contribution in [0.1, 0.15) is 23.6 Å². The van der Waals surface area contributed by atoms with Gasteiger partial charge in [-0.2, -0.15) is 0 Å². The minimum Gasteiger partial charge on any atom is -0.495 e. The number of benzene rings is 1. The monoisotopic (exact) mass is 256 g/mol. The second-order valence-electron chi connectivity index (χ2n) is 4.28. The standard InChI is InChI=1S/C13H17ClO3/c1-7-5-8(2)11(14)12(17-4)10(7)6-9(3)13(15)16/h5,9H,6H2,1-4H3,(H,15,16). The average Bonchev–Trinajstić information content (AvgIpc) is 2.26. The van der Waals surface area contributed by atoms with Gasteiger partial charge >= 0.3 is 5.97 Å². The van der Waals surface area contributed by atoms with Crippen LogP contribution in [0, 0.1) is 19.8 Å². The molecular weight excluding hydrogens is 240 g/mol. The molecule has 17 heavy (non-hydrogen) atoms. The van der Waals surface area contributed by atoms with E-state index in [1.54, 1.807) is 14.0 Å². The average molecular weight is 257 g/mol. The van der Waals surface area contributed by atoms with E-state index >= 15 is 0 Å². The fourth-order valence-electron chi connectivity index (χ4n) is 1.83. The first kappa shape index (κ1) is 13.8. The molecule has 0 radical (unpaired) electrons. The summed E-state index contributed by atoms with van der Waals surface area (Å²) in [5.74, 6) is -0.679. The lowest BCUT2D eigenvalue weighted by molar-refractivity contribution is -0.141. The van der Waals surface area contributed by atoms with Crippen molar-refractivity contribution in [1.29, 1.82) is 0 Å². The highest BCUT2D eigenvalue weighted by Gasteiger charge is 2.19. The molecule has 0 amide bonds. The van der Waals surface area contributed by atoms with Gasteiger partial charge in [0.15, 0.2) is 0 Å². The quantitative estimate of drug-likeness (QED) is 0.900. The largest absolute Gasteiger partial charge is 0.495 e. The van der Waals surface area contributed by atoms with Crippen LogP contribution in [-0.2, 0) is 11.2 Å². The molecule has 0 fully saturated rings. The number of hydrogen-bond donors (Lipinski definition) is 1. The van der Waals surface area contributed by atoms with Gasteiger partial charge in [-0.05, 0) is 37.0 Å². The fraction of sp³-hybridized carbons (Fsp3) is 0.462. The van der Waals surface area contributed by atoms with Crippen LogP contribution in [0.2, 0.25) is 5.02 Å². The van der Waals surface area contributed by atoms with E-state index in [1.807, 2.05) is 19.9 Å². The maximum atomic E-state index is 10.9. The molecule has 0 aliphatic carbocycles. The molecule has 3 nitrogen and oxygen atoms in total. The molecule has 0 spiro atoms. The van der Waals surface area contributed by atoms with Gasteiger partial charge in [-0.25, -0.2) is 0 Å². The number of rotatable bonds is 4. The van der Waals surface area contributed by atoms with Crippen molar-refractivity contribution >= 4 is 17.6 Å². The zero-order chi connectivity index (χ0) is 13.2. The van der Waals surface area contributed by atoms with Gasteiger partial charge in [-0.3, -0.25) is 4.79 Å². The van der Waals surface area contributed by atoms with Crippen molar-refractivity contribution < 1.29 is 14.6 Å². The van der Waals surface area contributed by atoms with E-state index in [0.717, 1.165) is 16.7 Å². The first-order chi connectivity index (χ1) is 7.88. The minimum atomic E-state index is -0.817. The molecule has 0 aromatic heterocycles. The van der Waals surface area contributed by atoms with E-state index < -0.39 is 11.9 Å². The van der Waals surface area contributed by atoms with Gasteiger partial charge in [-0.1, -0.05) is 24.6 Å². The van der Waals surface area contributed by atoms with Gasteiger partial charge in [-0.15, -0.1) is 0 Å². The maximum Gasteiger partial charge on any atom is 0.306 e. The normalized spacial score (nSPS) is 12.3. The van der Waals surface area contributed by atoms with Crippen LogP contribution >= 0.6 is 11.6 Å². The Morgan fingerprint density at radius 2 is 2.06 bits per heavy atom. The molecule has 94 valence electrons. The van der Waals surface area contributed by atoms with Crippen LogP contribution in [0.5, 0.6) is 5.75 Å². The van der Waals surface area contributed by atoms with Crippen LogP contribution in [-0.4, -0.2) is 18.2 Å². The van der Waals surface area contributed by atoms with Crippen molar-refractivity contribution in [2.24, 2.45) is 5.92 Å². The number of carboxylic acid groups (broad SMARTS) is 1. The highest BCUT2D eigenvalue weighted by atomic mass is 35.5. The number of ether oxygens (including phenoxy) is 1. The number of aryl methyl sites for hydroxylation is 2. The van der Waals surface area contributed by atoms with Crippen molar-refractivity contribution in [2.45, 2.75) is 27.2 Å². The molecule has 0 bridgehead atoms. The zero-order valence-corrected chi connectivity index (χ0v) is 11.3. The number of halogens is 1. The summed E-state index contributed by atoms with van der Waals surface area (Å²) in [5.41, 5.74) is 2.82. The molecular formula is C13H17ClO3. The highest BCUT2D eigenvalue weighted by Crippen LogP contribution is 2.35. The molecule has 1 N–H and O–H groups in total. The van der Waals surface area contributed by atoms with E-state index in [0.29, 0.717) is 17.2 Å². The van der Waals surface area contributed by atoms with E-state index in [-0.39, 0.29) is 0 Å². The maximum absolute atomic E-state index is 10.9. The second kappa shape index (κ2) is 5.41. The van der Waals surface area contributed by atoms with Gasteiger partial charge in [0.25, 0.3) is 0 Å². The Labute approximate surface area is 106 Å². The third-order valence-electron chi connectivity index (χ3n) is 2.86. The number of carboxylic acids is 1. The van der Waals surface area contributed by atoms with Crippen molar-refractivity contribution in [2.75, 3.05) is 7.11 Å². The summed E-state index contributed by atoms with van der Waals surface area (Å²) < 4.78 is 5.29. The molecule has 4 heteroatoms. The summed E-state index contributed by atoms with van der Waals surface area (Å²) >= 11 is 6.16. The molecule has 0 heterocycles. The molecule has 0 saturated carbocycles. The zero-order valence-electron chi connectivity index (χ0n) is 10.5. The number of methoxy groups -OCH3 is 1. The lowest BCUT2D eigenvalue weighted by Gasteiger charge is -2.16. The summed E-state index contributed by atoms with van der Waals surface area (Å²) in [6, 6.07) is 1.95. The molecule has 1 aromatic carbocycles. The fourth-order valence-corrected chi connectivity index (χ4v) is 2.07. The summed E-state index contributed by atoms with van der Waals surface area (Å²) in [5, 5.41) is 9.51. The van der Waals surface area contributed by atoms with Gasteiger partial charge in [0.05, 0.1) is 18.1 Å². The van der Waals surface area contributed by atoms with Crippen LogP contribution in [0.4, 0.5) is 0 Å². The molecule has 1 unspecified atom stereocenters. The predicted octanol–water partition coefficient (Wildman–Crippen LogP) is 3.23. The second-order valence-corrected chi connectivity index (χ2v) is 4.66. The predicted molar refractivity (Wildman–Crippen MR) is 68.0 cm³/mol.